The van der Waals surface area contributed by atoms with Gasteiger partial charge in [0.15, 0.2) is 13.2 Å². The standard InChI is InChI=1S/C18H15ClN2O4/c1-12-8-14(19)4-7-16(12)21-17(22)10-25-18(23)11-24-15-5-2-13(9-20)3-6-15/h2-8H,10-11H2,1H3,(H,21,22). The number of halogens is 1. The van der Waals surface area contributed by atoms with Crippen LogP contribution >= 0.6 is 11.6 Å². The van der Waals surface area contributed by atoms with Crippen molar-refractivity contribution in [1.29, 1.82) is 5.26 Å². The van der Waals surface area contributed by atoms with Crippen molar-refractivity contribution in [3.63, 3.8) is 0 Å². The molecule has 0 aliphatic heterocycles. The van der Waals surface area contributed by atoms with Crippen molar-refractivity contribution in [1.82, 2.24) is 0 Å². The van der Waals surface area contributed by atoms with Gasteiger partial charge in [0.05, 0.1) is 11.6 Å². The fourth-order valence-corrected chi connectivity index (χ4v) is 2.14. The van der Waals surface area contributed by atoms with Crippen molar-refractivity contribution in [2.24, 2.45) is 0 Å². The lowest BCUT2D eigenvalue weighted by Crippen LogP contribution is -2.24. The highest BCUT2D eigenvalue weighted by atomic mass is 35.5. The SMILES string of the molecule is Cc1cc(Cl)ccc1NC(=O)COC(=O)COc1ccc(C#N)cc1. The van der Waals surface area contributed by atoms with Crippen LogP contribution in [0.3, 0.4) is 0 Å². The van der Waals surface area contributed by atoms with Crippen LogP contribution in [0.25, 0.3) is 0 Å². The lowest BCUT2D eigenvalue weighted by atomic mass is 10.2. The number of benzene rings is 2. The number of ether oxygens (including phenoxy) is 2. The summed E-state index contributed by atoms with van der Waals surface area (Å²) in [6.45, 7) is 1.05. The number of carbonyl (C=O) groups excluding carboxylic acids is 2. The maximum absolute atomic E-state index is 11.8. The summed E-state index contributed by atoms with van der Waals surface area (Å²) in [7, 11) is 0. The highest BCUT2D eigenvalue weighted by Gasteiger charge is 2.10. The molecule has 0 spiro atoms. The van der Waals surface area contributed by atoms with Crippen molar-refractivity contribution < 1.29 is 19.1 Å². The Hall–Kier alpha value is -3.04. The van der Waals surface area contributed by atoms with Crippen molar-refractivity contribution in [3.05, 3.63) is 58.6 Å². The van der Waals surface area contributed by atoms with Crippen LogP contribution in [0.4, 0.5) is 5.69 Å². The van der Waals surface area contributed by atoms with Crippen LogP contribution in [0, 0.1) is 18.3 Å². The van der Waals surface area contributed by atoms with E-state index in [1.807, 2.05) is 6.07 Å². The molecule has 0 fully saturated rings. The molecular weight excluding hydrogens is 344 g/mol. The van der Waals surface area contributed by atoms with Crippen molar-refractivity contribution >= 4 is 29.2 Å². The van der Waals surface area contributed by atoms with E-state index in [1.54, 1.807) is 49.4 Å². The number of nitriles is 1. The Balaban J connectivity index is 1.75. The van der Waals surface area contributed by atoms with Gasteiger partial charge in [0, 0.05) is 10.7 Å². The molecule has 0 radical (unpaired) electrons. The predicted molar refractivity (Wildman–Crippen MR) is 92.4 cm³/mol. The van der Waals surface area contributed by atoms with Crippen molar-refractivity contribution in [2.45, 2.75) is 6.92 Å². The number of hydrogen-bond acceptors (Lipinski definition) is 5. The van der Waals surface area contributed by atoms with Crippen molar-refractivity contribution in [2.75, 3.05) is 18.5 Å². The van der Waals surface area contributed by atoms with Crippen LogP contribution in [0.1, 0.15) is 11.1 Å². The number of amides is 1. The number of aryl methyl sites for hydroxylation is 1. The second-order valence-corrected chi connectivity index (χ2v) is 5.53. The van der Waals surface area contributed by atoms with Crippen molar-refractivity contribution in [3.8, 4) is 11.8 Å². The van der Waals surface area contributed by atoms with Gasteiger partial charge >= 0.3 is 5.97 Å². The lowest BCUT2D eigenvalue weighted by Gasteiger charge is -2.10. The monoisotopic (exact) mass is 358 g/mol. The number of nitrogens with one attached hydrogen (secondary N) is 1. The van der Waals surface area contributed by atoms with Crippen LogP contribution < -0.4 is 10.1 Å². The largest absolute Gasteiger partial charge is 0.482 e. The van der Waals surface area contributed by atoms with Gasteiger partial charge in [-0.1, -0.05) is 11.6 Å². The molecule has 0 atom stereocenters. The lowest BCUT2D eigenvalue weighted by molar-refractivity contribution is -0.149. The number of nitrogens with zero attached hydrogens (tertiary/aromatic N) is 1. The van der Waals surface area contributed by atoms with Crippen LogP contribution in [0.15, 0.2) is 42.5 Å². The second-order valence-electron chi connectivity index (χ2n) is 5.09. The number of rotatable bonds is 6. The molecule has 128 valence electrons. The third-order valence-corrected chi connectivity index (χ3v) is 3.40. The minimum Gasteiger partial charge on any atom is -0.482 e. The number of anilines is 1. The Morgan fingerprint density at radius 2 is 1.88 bits per heavy atom. The van der Waals surface area contributed by atoms with E-state index in [0.29, 0.717) is 22.0 Å². The zero-order chi connectivity index (χ0) is 18.2. The number of esters is 1. The molecule has 0 aromatic heterocycles. The molecule has 6 nitrogen and oxygen atoms in total. The molecule has 0 aliphatic carbocycles. The summed E-state index contributed by atoms with van der Waals surface area (Å²) in [5.41, 5.74) is 1.89. The molecule has 0 aliphatic rings. The normalized spacial score (nSPS) is 9.80. The van der Waals surface area contributed by atoms with Crippen LogP contribution in [-0.4, -0.2) is 25.1 Å². The molecule has 0 heterocycles. The van der Waals surface area contributed by atoms with Gasteiger partial charge in [0.2, 0.25) is 0 Å². The maximum Gasteiger partial charge on any atom is 0.344 e. The van der Waals surface area contributed by atoms with Crippen LogP contribution in [0.2, 0.25) is 5.02 Å². The van der Waals surface area contributed by atoms with Crippen LogP contribution in [-0.2, 0) is 14.3 Å². The summed E-state index contributed by atoms with van der Waals surface area (Å²) < 4.78 is 10.1. The van der Waals surface area contributed by atoms with E-state index in [4.69, 9.17) is 26.3 Å². The van der Waals surface area contributed by atoms with E-state index in [2.05, 4.69) is 5.32 Å². The van der Waals surface area contributed by atoms with Crippen LogP contribution in [0.5, 0.6) is 5.75 Å². The van der Waals surface area contributed by atoms with E-state index in [-0.39, 0.29) is 6.61 Å². The highest BCUT2D eigenvalue weighted by Crippen LogP contribution is 2.19. The van der Waals surface area contributed by atoms with E-state index >= 15 is 0 Å². The first-order valence-electron chi connectivity index (χ1n) is 7.32. The van der Waals surface area contributed by atoms with E-state index in [0.717, 1.165) is 5.56 Å². The molecule has 7 heteroatoms. The van der Waals surface area contributed by atoms with Gasteiger partial charge in [0.25, 0.3) is 5.91 Å². The maximum atomic E-state index is 11.8. The Morgan fingerprint density at radius 3 is 2.52 bits per heavy atom. The fraction of sp³-hybridized carbons (Fsp3) is 0.167. The molecule has 25 heavy (non-hydrogen) atoms. The number of hydrogen-bond donors (Lipinski definition) is 1. The summed E-state index contributed by atoms with van der Waals surface area (Å²) >= 11 is 5.85. The van der Waals surface area contributed by atoms with Gasteiger partial charge in [-0.3, -0.25) is 4.79 Å². The third kappa shape index (κ3) is 5.83. The molecule has 2 rings (SSSR count). The van der Waals surface area contributed by atoms with Gasteiger partial charge in [-0.05, 0) is 55.0 Å². The quantitative estimate of drug-likeness (QED) is 0.801. The summed E-state index contributed by atoms with van der Waals surface area (Å²) in [4.78, 5) is 23.4. The summed E-state index contributed by atoms with van der Waals surface area (Å²) in [6, 6.07) is 13.3. The zero-order valence-corrected chi connectivity index (χ0v) is 14.2. The average molecular weight is 359 g/mol. The molecule has 1 amide bonds. The van der Waals surface area contributed by atoms with Gasteiger partial charge in [-0.25, -0.2) is 4.79 Å². The third-order valence-electron chi connectivity index (χ3n) is 3.17. The van der Waals surface area contributed by atoms with Gasteiger partial charge < -0.3 is 14.8 Å². The molecule has 0 saturated heterocycles. The van der Waals surface area contributed by atoms with E-state index in [1.165, 1.54) is 0 Å². The minimum atomic E-state index is -0.674. The van der Waals surface area contributed by atoms with Gasteiger partial charge in [-0.15, -0.1) is 0 Å². The van der Waals surface area contributed by atoms with Gasteiger partial charge in [-0.2, -0.15) is 5.26 Å². The first-order valence-corrected chi connectivity index (χ1v) is 7.70. The Labute approximate surface area is 149 Å². The Bertz CT molecular complexity index is 813. The minimum absolute atomic E-state index is 0.334. The molecule has 2 aromatic carbocycles. The molecular formula is C18H15ClN2O4. The predicted octanol–water partition coefficient (Wildman–Crippen LogP) is 3.08. The van der Waals surface area contributed by atoms with E-state index < -0.39 is 18.5 Å². The Kier molecular flexibility index (Phi) is 6.38. The average Bonchev–Trinajstić information content (AvgIpc) is 2.61. The van der Waals surface area contributed by atoms with E-state index in [9.17, 15) is 9.59 Å². The number of carbonyl (C=O) groups is 2. The summed E-state index contributed by atoms with van der Waals surface area (Å²) in [6.07, 6.45) is 0. The molecule has 2 aromatic rings. The molecule has 0 bridgehead atoms. The summed E-state index contributed by atoms with van der Waals surface area (Å²) in [5, 5.41) is 11.9. The fourth-order valence-electron chi connectivity index (χ4n) is 1.91. The zero-order valence-electron chi connectivity index (χ0n) is 13.4. The first-order chi connectivity index (χ1) is 12.0. The first kappa shape index (κ1) is 18.3. The Morgan fingerprint density at radius 1 is 1.16 bits per heavy atom. The smallest absolute Gasteiger partial charge is 0.344 e. The van der Waals surface area contributed by atoms with Gasteiger partial charge in [0.1, 0.15) is 5.75 Å². The molecule has 1 N–H and O–H groups in total. The topological polar surface area (TPSA) is 88.4 Å². The highest BCUT2D eigenvalue weighted by molar-refractivity contribution is 6.30. The molecule has 0 unspecified atom stereocenters. The second kappa shape index (κ2) is 8.71. The molecule has 0 saturated carbocycles. The summed E-state index contributed by atoms with van der Waals surface area (Å²) in [5.74, 6) is -0.707.